The molecule has 23 heavy (non-hydrogen) atoms. The van der Waals surface area contributed by atoms with Crippen molar-refractivity contribution in [2.75, 3.05) is 7.11 Å². The van der Waals surface area contributed by atoms with E-state index in [-0.39, 0.29) is 18.2 Å². The third kappa shape index (κ3) is 8.77. The molecule has 1 heterocycles. The van der Waals surface area contributed by atoms with Crippen LogP contribution in [-0.4, -0.2) is 25.3 Å². The van der Waals surface area contributed by atoms with Gasteiger partial charge in [0.05, 0.1) is 12.5 Å². The van der Waals surface area contributed by atoms with Gasteiger partial charge in [0.25, 0.3) is 0 Å². The van der Waals surface area contributed by atoms with Crippen LogP contribution in [0.25, 0.3) is 0 Å². The van der Waals surface area contributed by atoms with E-state index >= 15 is 0 Å². The van der Waals surface area contributed by atoms with Gasteiger partial charge in [-0.2, -0.15) is 0 Å². The first kappa shape index (κ1) is 19.7. The quantitative estimate of drug-likeness (QED) is 0.464. The Morgan fingerprint density at radius 3 is 2.91 bits per heavy atom. The van der Waals surface area contributed by atoms with Crippen molar-refractivity contribution in [1.29, 1.82) is 0 Å². The van der Waals surface area contributed by atoms with Gasteiger partial charge in [0.1, 0.15) is 6.10 Å². The van der Waals surface area contributed by atoms with Gasteiger partial charge in [-0.05, 0) is 31.3 Å². The number of allylic oxidation sites excluding steroid dienone is 7. The van der Waals surface area contributed by atoms with E-state index in [1.165, 1.54) is 0 Å². The Labute approximate surface area is 144 Å². The number of rotatable bonds is 8. The zero-order valence-corrected chi connectivity index (χ0v) is 15.0. The first-order valence-corrected chi connectivity index (χ1v) is 8.49. The number of carbonyl (C=O) groups excluding carboxylic acids is 1. The zero-order chi connectivity index (χ0) is 17.1. The molecule has 0 aromatic heterocycles. The van der Waals surface area contributed by atoms with Gasteiger partial charge in [0, 0.05) is 19.1 Å². The SMILES string of the molecule is COC1CC(=O)OC(CCC=CC=CC(C)C=CC(C)=CCl)C1. The van der Waals surface area contributed by atoms with E-state index in [1.54, 1.807) is 12.6 Å². The van der Waals surface area contributed by atoms with Crippen molar-refractivity contribution >= 4 is 17.6 Å². The van der Waals surface area contributed by atoms with Crippen molar-refractivity contribution in [1.82, 2.24) is 0 Å². The smallest absolute Gasteiger partial charge is 0.308 e. The van der Waals surface area contributed by atoms with Gasteiger partial charge in [0.2, 0.25) is 0 Å². The Balaban J connectivity index is 2.27. The molecule has 0 aliphatic carbocycles. The molecule has 128 valence electrons. The van der Waals surface area contributed by atoms with Crippen LogP contribution in [-0.2, 0) is 14.3 Å². The maximum atomic E-state index is 11.4. The number of ether oxygens (including phenoxy) is 2. The summed E-state index contributed by atoms with van der Waals surface area (Å²) in [7, 11) is 1.64. The standard InChI is InChI=1S/C19H27ClO3/c1-15(10-11-16(2)14-20)8-6-4-5-7-9-17-12-18(22-3)13-19(21)23-17/h4-6,8,10-11,14-15,17-18H,7,9,12-13H2,1-3H3. The highest BCUT2D eigenvalue weighted by atomic mass is 35.5. The van der Waals surface area contributed by atoms with Crippen LogP contribution >= 0.6 is 11.6 Å². The van der Waals surface area contributed by atoms with Crippen LogP contribution in [0.5, 0.6) is 0 Å². The molecule has 0 bridgehead atoms. The Morgan fingerprint density at radius 2 is 2.22 bits per heavy atom. The molecule has 0 radical (unpaired) electrons. The molecule has 0 spiro atoms. The summed E-state index contributed by atoms with van der Waals surface area (Å²) in [5, 5.41) is 0. The summed E-state index contributed by atoms with van der Waals surface area (Å²) in [6.07, 6.45) is 15.3. The molecular formula is C19H27ClO3. The number of cyclic esters (lactones) is 1. The molecule has 0 aromatic carbocycles. The van der Waals surface area contributed by atoms with E-state index < -0.39 is 0 Å². The van der Waals surface area contributed by atoms with Crippen molar-refractivity contribution < 1.29 is 14.3 Å². The van der Waals surface area contributed by atoms with E-state index in [4.69, 9.17) is 21.1 Å². The van der Waals surface area contributed by atoms with Crippen LogP contribution in [0, 0.1) is 5.92 Å². The predicted octanol–water partition coefficient (Wildman–Crippen LogP) is 4.93. The molecule has 3 unspecified atom stereocenters. The van der Waals surface area contributed by atoms with Gasteiger partial charge in [0.15, 0.2) is 0 Å². The second-order valence-corrected chi connectivity index (χ2v) is 6.09. The van der Waals surface area contributed by atoms with E-state index in [0.29, 0.717) is 12.3 Å². The number of halogens is 1. The molecule has 0 amide bonds. The van der Waals surface area contributed by atoms with E-state index in [0.717, 1.165) is 24.8 Å². The van der Waals surface area contributed by atoms with Crippen LogP contribution < -0.4 is 0 Å². The normalized spacial score (nSPS) is 24.7. The summed E-state index contributed by atoms with van der Waals surface area (Å²) < 4.78 is 10.6. The average molecular weight is 339 g/mol. The topological polar surface area (TPSA) is 35.5 Å². The Hall–Kier alpha value is -1.32. The summed E-state index contributed by atoms with van der Waals surface area (Å²) in [6, 6.07) is 0. The van der Waals surface area contributed by atoms with Crippen molar-refractivity contribution in [2.45, 2.75) is 51.7 Å². The minimum atomic E-state index is -0.154. The minimum Gasteiger partial charge on any atom is -0.462 e. The summed E-state index contributed by atoms with van der Waals surface area (Å²) >= 11 is 5.61. The van der Waals surface area contributed by atoms with Gasteiger partial charge < -0.3 is 9.47 Å². The highest BCUT2D eigenvalue weighted by molar-refractivity contribution is 6.25. The lowest BCUT2D eigenvalue weighted by Gasteiger charge is -2.27. The first-order valence-electron chi connectivity index (χ1n) is 8.06. The first-order chi connectivity index (χ1) is 11.0. The molecule has 1 rings (SSSR count). The number of hydrogen-bond acceptors (Lipinski definition) is 3. The van der Waals surface area contributed by atoms with Crippen LogP contribution in [0.1, 0.15) is 39.5 Å². The Bertz CT molecular complexity index is 477. The lowest BCUT2D eigenvalue weighted by molar-refractivity contribution is -0.161. The largest absolute Gasteiger partial charge is 0.462 e. The molecule has 4 heteroatoms. The fourth-order valence-electron chi connectivity index (χ4n) is 2.30. The second-order valence-electron chi connectivity index (χ2n) is 5.87. The van der Waals surface area contributed by atoms with Crippen LogP contribution in [0.4, 0.5) is 0 Å². The third-order valence-corrected chi connectivity index (χ3v) is 4.05. The van der Waals surface area contributed by atoms with Crippen LogP contribution in [0.15, 0.2) is 47.6 Å². The fourth-order valence-corrected chi connectivity index (χ4v) is 2.37. The molecule has 1 aliphatic heterocycles. The molecule has 3 nitrogen and oxygen atoms in total. The fraction of sp³-hybridized carbons (Fsp3) is 0.526. The number of carbonyl (C=O) groups is 1. The monoisotopic (exact) mass is 338 g/mol. The van der Waals surface area contributed by atoms with Crippen molar-refractivity contribution in [2.24, 2.45) is 5.92 Å². The summed E-state index contributed by atoms with van der Waals surface area (Å²) in [5.41, 5.74) is 2.61. The molecular weight excluding hydrogens is 312 g/mol. The average Bonchev–Trinajstić information content (AvgIpc) is 2.55. The summed E-state index contributed by atoms with van der Waals surface area (Å²) in [4.78, 5) is 11.4. The lowest BCUT2D eigenvalue weighted by atomic mass is 10.0. The molecule has 0 N–H and O–H groups in total. The molecule has 0 aromatic rings. The highest BCUT2D eigenvalue weighted by Crippen LogP contribution is 2.21. The van der Waals surface area contributed by atoms with Gasteiger partial charge in [-0.3, -0.25) is 4.79 Å². The van der Waals surface area contributed by atoms with E-state index in [9.17, 15) is 4.79 Å². The lowest BCUT2D eigenvalue weighted by Crippen LogP contribution is -2.33. The van der Waals surface area contributed by atoms with Crippen LogP contribution in [0.2, 0.25) is 0 Å². The van der Waals surface area contributed by atoms with Gasteiger partial charge in [-0.15, -0.1) is 0 Å². The van der Waals surface area contributed by atoms with Crippen molar-refractivity contribution in [3.63, 3.8) is 0 Å². The van der Waals surface area contributed by atoms with E-state index in [2.05, 4.69) is 25.2 Å². The summed E-state index contributed by atoms with van der Waals surface area (Å²) in [6.45, 7) is 4.08. The van der Waals surface area contributed by atoms with Gasteiger partial charge in [-0.25, -0.2) is 0 Å². The molecule has 3 atom stereocenters. The highest BCUT2D eigenvalue weighted by Gasteiger charge is 2.27. The molecule has 0 saturated carbocycles. The number of methoxy groups -OCH3 is 1. The molecule has 1 aliphatic rings. The molecule has 1 saturated heterocycles. The Morgan fingerprint density at radius 1 is 1.43 bits per heavy atom. The third-order valence-electron chi connectivity index (χ3n) is 3.70. The zero-order valence-electron chi connectivity index (χ0n) is 14.2. The Kier molecular flexibility index (Phi) is 9.65. The maximum absolute atomic E-state index is 11.4. The van der Waals surface area contributed by atoms with Crippen LogP contribution in [0.3, 0.4) is 0 Å². The van der Waals surface area contributed by atoms with Gasteiger partial charge >= 0.3 is 5.97 Å². The summed E-state index contributed by atoms with van der Waals surface area (Å²) in [5.74, 6) is 0.201. The van der Waals surface area contributed by atoms with Crippen molar-refractivity contribution in [3.8, 4) is 0 Å². The minimum absolute atomic E-state index is 0.00301. The molecule has 1 fully saturated rings. The van der Waals surface area contributed by atoms with Crippen molar-refractivity contribution in [3.05, 3.63) is 47.6 Å². The number of hydrogen-bond donors (Lipinski definition) is 0. The van der Waals surface area contributed by atoms with Gasteiger partial charge in [-0.1, -0.05) is 55.0 Å². The van der Waals surface area contributed by atoms with E-state index in [1.807, 2.05) is 25.2 Å². The second kappa shape index (κ2) is 11.3. The number of esters is 1. The predicted molar refractivity (Wildman–Crippen MR) is 95.3 cm³/mol. The maximum Gasteiger partial charge on any atom is 0.308 e.